The number of non-ortho nitro benzene ring substituents is 1. The molecule has 0 aliphatic rings. The molecule has 0 bridgehead atoms. The van der Waals surface area contributed by atoms with Crippen LogP contribution in [0, 0.1) is 10.1 Å². The molecule has 0 amide bonds. The van der Waals surface area contributed by atoms with E-state index in [1.54, 1.807) is 18.3 Å². The molecule has 0 saturated carbocycles. The van der Waals surface area contributed by atoms with Crippen LogP contribution in [0.3, 0.4) is 0 Å². The lowest BCUT2D eigenvalue weighted by atomic mass is 10.2. The first-order chi connectivity index (χ1) is 9.25. The number of hydrogen-bond donors (Lipinski definition) is 0. The molecule has 0 unspecified atom stereocenters. The van der Waals surface area contributed by atoms with Crippen molar-refractivity contribution in [3.8, 4) is 0 Å². The van der Waals surface area contributed by atoms with Crippen LogP contribution in [0.2, 0.25) is 0 Å². The van der Waals surface area contributed by atoms with Crippen molar-refractivity contribution in [2.24, 2.45) is 0 Å². The van der Waals surface area contributed by atoms with Crippen LogP contribution in [0.15, 0.2) is 54.9 Å². The molecule has 3 aromatic rings. The van der Waals surface area contributed by atoms with Crippen LogP contribution in [-0.4, -0.2) is 14.5 Å². The number of benzene rings is 1. The molecular formula is C14H11N3O2. The Hall–Kier alpha value is -2.69. The van der Waals surface area contributed by atoms with Crippen molar-refractivity contribution in [3.63, 3.8) is 0 Å². The summed E-state index contributed by atoms with van der Waals surface area (Å²) < 4.78 is 1.96. The highest BCUT2D eigenvalue weighted by Gasteiger charge is 2.13. The van der Waals surface area contributed by atoms with Crippen LogP contribution in [0.1, 0.15) is 5.69 Å². The van der Waals surface area contributed by atoms with Gasteiger partial charge in [0.15, 0.2) is 0 Å². The van der Waals surface area contributed by atoms with Gasteiger partial charge in [0.25, 0.3) is 5.69 Å². The molecule has 1 aromatic carbocycles. The smallest absolute Gasteiger partial charge is 0.278 e. The van der Waals surface area contributed by atoms with Crippen molar-refractivity contribution < 1.29 is 4.92 Å². The first-order valence-electron chi connectivity index (χ1n) is 5.88. The van der Waals surface area contributed by atoms with Gasteiger partial charge in [-0.2, -0.15) is 0 Å². The third-order valence-electron chi connectivity index (χ3n) is 3.05. The fraction of sp³-hybridized carbons (Fsp3) is 0.0714. The molecule has 0 fully saturated rings. The molecule has 19 heavy (non-hydrogen) atoms. The Labute approximate surface area is 109 Å². The molecule has 3 rings (SSSR count). The van der Waals surface area contributed by atoms with Gasteiger partial charge in [0.05, 0.1) is 28.1 Å². The predicted octanol–water partition coefficient (Wildman–Crippen LogP) is 2.99. The Bertz CT molecular complexity index is 735. The zero-order valence-corrected chi connectivity index (χ0v) is 10.1. The Kier molecular flexibility index (Phi) is 2.72. The van der Waals surface area contributed by atoms with E-state index >= 15 is 0 Å². The zero-order chi connectivity index (χ0) is 13.2. The van der Waals surface area contributed by atoms with Crippen molar-refractivity contribution in [3.05, 3.63) is 70.7 Å². The lowest BCUT2D eigenvalue weighted by Crippen LogP contribution is -1.99. The Morgan fingerprint density at radius 3 is 2.79 bits per heavy atom. The average Bonchev–Trinajstić information content (AvgIpc) is 2.83. The van der Waals surface area contributed by atoms with Gasteiger partial charge in [-0.25, -0.2) is 0 Å². The van der Waals surface area contributed by atoms with Crippen LogP contribution < -0.4 is 0 Å². The Morgan fingerprint density at radius 1 is 1.16 bits per heavy atom. The fourth-order valence-electron chi connectivity index (χ4n) is 2.17. The van der Waals surface area contributed by atoms with Crippen LogP contribution in [0.5, 0.6) is 0 Å². The monoisotopic (exact) mass is 253 g/mol. The maximum Gasteiger partial charge on any atom is 0.278 e. The number of nitrogens with zero attached hydrogens (tertiary/aromatic N) is 3. The summed E-state index contributed by atoms with van der Waals surface area (Å²) in [7, 11) is 0. The molecule has 0 radical (unpaired) electrons. The van der Waals surface area contributed by atoms with Gasteiger partial charge >= 0.3 is 0 Å². The summed E-state index contributed by atoms with van der Waals surface area (Å²) in [4.78, 5) is 14.9. The van der Waals surface area contributed by atoms with E-state index < -0.39 is 0 Å². The van der Waals surface area contributed by atoms with Crippen molar-refractivity contribution in [1.29, 1.82) is 0 Å². The highest BCUT2D eigenvalue weighted by atomic mass is 16.6. The minimum Gasteiger partial charge on any atom is -0.341 e. The van der Waals surface area contributed by atoms with E-state index in [9.17, 15) is 10.1 Å². The van der Waals surface area contributed by atoms with Gasteiger partial charge in [-0.1, -0.05) is 12.1 Å². The lowest BCUT2D eigenvalue weighted by Gasteiger charge is -2.04. The van der Waals surface area contributed by atoms with Gasteiger partial charge in [0.1, 0.15) is 0 Å². The van der Waals surface area contributed by atoms with Crippen LogP contribution in [0.25, 0.3) is 10.9 Å². The average molecular weight is 253 g/mol. The zero-order valence-electron chi connectivity index (χ0n) is 10.1. The summed E-state index contributed by atoms with van der Waals surface area (Å²) in [6.45, 7) is 0.603. The van der Waals surface area contributed by atoms with Gasteiger partial charge in [-0.15, -0.1) is 0 Å². The molecule has 2 heterocycles. The van der Waals surface area contributed by atoms with E-state index in [0.717, 1.165) is 11.2 Å². The standard InChI is InChI=1S/C14H11N3O2/c18-17(19)14-6-3-5-13-12(14)7-9-16(13)10-11-4-1-2-8-15-11/h1-9H,10H2. The van der Waals surface area contributed by atoms with Gasteiger partial charge in [0, 0.05) is 18.5 Å². The molecule has 0 aliphatic heterocycles. The van der Waals surface area contributed by atoms with Crippen LogP contribution in [0.4, 0.5) is 5.69 Å². The summed E-state index contributed by atoms with van der Waals surface area (Å²) in [6, 6.07) is 12.6. The van der Waals surface area contributed by atoms with Gasteiger partial charge in [-0.3, -0.25) is 15.1 Å². The summed E-state index contributed by atoms with van der Waals surface area (Å²) in [5, 5.41) is 11.6. The van der Waals surface area contributed by atoms with Crippen molar-refractivity contribution in [1.82, 2.24) is 9.55 Å². The lowest BCUT2D eigenvalue weighted by molar-refractivity contribution is -0.383. The third kappa shape index (κ3) is 2.06. The molecule has 94 valence electrons. The third-order valence-corrected chi connectivity index (χ3v) is 3.05. The highest BCUT2D eigenvalue weighted by Crippen LogP contribution is 2.26. The fourth-order valence-corrected chi connectivity index (χ4v) is 2.17. The van der Waals surface area contributed by atoms with E-state index in [2.05, 4.69) is 4.98 Å². The molecule has 5 heteroatoms. The molecule has 0 N–H and O–H groups in total. The number of pyridine rings is 1. The number of nitro benzene ring substituents is 1. The number of fused-ring (bicyclic) bond motifs is 1. The molecule has 0 spiro atoms. The van der Waals surface area contributed by atoms with E-state index in [1.165, 1.54) is 6.07 Å². The minimum atomic E-state index is -0.354. The summed E-state index contributed by atoms with van der Waals surface area (Å²) in [5.41, 5.74) is 1.91. The normalized spacial score (nSPS) is 10.7. The molecule has 0 aliphatic carbocycles. The van der Waals surface area contributed by atoms with E-state index in [-0.39, 0.29) is 10.6 Å². The quantitative estimate of drug-likeness (QED) is 0.532. The SMILES string of the molecule is O=[N+]([O-])c1cccc2c1ccn2Cc1ccccn1. The number of hydrogen-bond acceptors (Lipinski definition) is 3. The summed E-state index contributed by atoms with van der Waals surface area (Å²) >= 11 is 0. The largest absolute Gasteiger partial charge is 0.341 e. The summed E-state index contributed by atoms with van der Waals surface area (Å²) in [5.74, 6) is 0. The summed E-state index contributed by atoms with van der Waals surface area (Å²) in [6.07, 6.45) is 3.59. The second-order valence-corrected chi connectivity index (χ2v) is 4.23. The Balaban J connectivity index is 2.07. The van der Waals surface area contributed by atoms with Crippen molar-refractivity contribution in [2.45, 2.75) is 6.54 Å². The van der Waals surface area contributed by atoms with E-state index in [0.29, 0.717) is 11.9 Å². The maximum atomic E-state index is 11.0. The van der Waals surface area contributed by atoms with Gasteiger partial charge in [0.2, 0.25) is 0 Å². The first-order valence-corrected chi connectivity index (χ1v) is 5.88. The topological polar surface area (TPSA) is 61.0 Å². The molecule has 5 nitrogen and oxygen atoms in total. The minimum absolute atomic E-state index is 0.136. The second kappa shape index (κ2) is 4.53. The predicted molar refractivity (Wildman–Crippen MR) is 71.9 cm³/mol. The molecular weight excluding hydrogens is 242 g/mol. The molecule has 0 atom stereocenters. The number of nitro groups is 1. The first kappa shape index (κ1) is 11.4. The Morgan fingerprint density at radius 2 is 2.05 bits per heavy atom. The second-order valence-electron chi connectivity index (χ2n) is 4.23. The van der Waals surface area contributed by atoms with Crippen LogP contribution >= 0.6 is 0 Å². The number of rotatable bonds is 3. The van der Waals surface area contributed by atoms with E-state index in [1.807, 2.05) is 35.0 Å². The van der Waals surface area contributed by atoms with Crippen molar-refractivity contribution in [2.75, 3.05) is 0 Å². The highest BCUT2D eigenvalue weighted by molar-refractivity contribution is 5.89. The molecule has 2 aromatic heterocycles. The van der Waals surface area contributed by atoms with Crippen molar-refractivity contribution >= 4 is 16.6 Å². The van der Waals surface area contributed by atoms with E-state index in [4.69, 9.17) is 0 Å². The maximum absolute atomic E-state index is 11.0. The van der Waals surface area contributed by atoms with Gasteiger partial charge in [-0.05, 0) is 24.3 Å². The molecule has 0 saturated heterocycles. The number of aromatic nitrogens is 2. The van der Waals surface area contributed by atoms with Gasteiger partial charge < -0.3 is 4.57 Å². The van der Waals surface area contributed by atoms with Crippen LogP contribution in [-0.2, 0) is 6.54 Å².